The van der Waals surface area contributed by atoms with Crippen molar-refractivity contribution in [1.82, 2.24) is 19.6 Å². The maximum atomic E-state index is 4.91. The van der Waals surface area contributed by atoms with E-state index >= 15 is 0 Å². The highest BCUT2D eigenvalue weighted by molar-refractivity contribution is 7.12. The summed E-state index contributed by atoms with van der Waals surface area (Å²) in [5, 5.41) is 29.3. The van der Waals surface area contributed by atoms with Crippen molar-refractivity contribution in [2.75, 3.05) is 0 Å². The molecule has 7 aromatic rings. The Morgan fingerprint density at radius 3 is 1.15 bits per heavy atom. The highest BCUT2D eigenvalue weighted by atomic mass is 32.1. The predicted octanol–water partition coefficient (Wildman–Crippen LogP) is 7.38. The highest BCUT2D eigenvalue weighted by Gasteiger charge is 2.12. The summed E-state index contributed by atoms with van der Waals surface area (Å²) in [6.07, 6.45) is 3.49. The second kappa shape index (κ2) is 13.9. The molecule has 0 aliphatic rings. The third-order valence-electron chi connectivity index (χ3n) is 6.80. The van der Waals surface area contributed by atoms with Gasteiger partial charge in [0, 0.05) is 11.1 Å². The molecule has 0 aliphatic carbocycles. The molecule has 222 valence electrons. The smallest absolute Gasteiger partial charge is 0.203 e. The summed E-state index contributed by atoms with van der Waals surface area (Å²) in [5.41, 5.74) is 5.72. The van der Waals surface area contributed by atoms with Crippen LogP contribution in [0.1, 0.15) is 11.1 Å². The largest absolute Gasteiger partial charge is 0.233 e. The zero-order chi connectivity index (χ0) is 31.0. The first kappa shape index (κ1) is 28.9. The molecule has 0 spiro atoms. The van der Waals surface area contributed by atoms with E-state index in [0.717, 1.165) is 43.6 Å². The Morgan fingerprint density at radius 1 is 0.435 bits per heavy atom. The lowest BCUT2D eigenvalue weighted by molar-refractivity contribution is 0.824. The number of para-hydroxylation sites is 2. The van der Waals surface area contributed by atoms with Crippen LogP contribution in [-0.2, 0) is 0 Å². The highest BCUT2D eigenvalue weighted by Crippen LogP contribution is 2.26. The Morgan fingerprint density at radius 2 is 0.783 bits per heavy atom. The average molecular weight is 635 g/mol. The summed E-state index contributed by atoms with van der Waals surface area (Å²) in [6.45, 7) is 0. The van der Waals surface area contributed by atoms with Gasteiger partial charge in [-0.3, -0.25) is 0 Å². The van der Waals surface area contributed by atoms with Gasteiger partial charge in [-0.15, -0.1) is 10.2 Å². The van der Waals surface area contributed by atoms with E-state index in [4.69, 9.17) is 10.2 Å². The van der Waals surface area contributed by atoms with Gasteiger partial charge in [-0.05, 0) is 35.4 Å². The van der Waals surface area contributed by atoms with Crippen LogP contribution in [0, 0.1) is 0 Å². The molecule has 0 aliphatic heterocycles. The predicted molar refractivity (Wildman–Crippen MR) is 187 cm³/mol. The molecule has 0 saturated heterocycles. The van der Waals surface area contributed by atoms with E-state index in [1.54, 1.807) is 12.4 Å². The van der Waals surface area contributed by atoms with E-state index in [1.807, 2.05) is 131 Å². The first-order valence-electron chi connectivity index (χ1n) is 14.5. The Balaban J connectivity index is 1.22. The van der Waals surface area contributed by atoms with Crippen LogP contribution < -0.4 is 9.60 Å². The minimum atomic E-state index is 0.670. The number of rotatable bonds is 8. The van der Waals surface area contributed by atoms with Gasteiger partial charge in [-0.2, -0.15) is 20.4 Å². The van der Waals surface area contributed by atoms with Gasteiger partial charge in [0.15, 0.2) is 0 Å². The zero-order valence-electron chi connectivity index (χ0n) is 24.4. The SMILES string of the molecule is C(=N\N=c1/sc(-c2ccc(-c3nn(-c4ccccc4)/c(=N\N=C\c4ccccc4)s3)cc2)nn1-c1ccccc1)/c1ccccc1. The van der Waals surface area contributed by atoms with Crippen molar-refractivity contribution in [1.29, 1.82) is 0 Å². The van der Waals surface area contributed by atoms with Crippen LogP contribution in [0.3, 0.4) is 0 Å². The fourth-order valence-corrected chi connectivity index (χ4v) is 6.26. The molecule has 10 heteroatoms. The standard InChI is InChI=1S/C36H26N8S2/c1-5-13-27(14-6-1)25-37-39-35-43(31-17-9-3-10-18-31)41-33(45-35)29-21-23-30(24-22-29)34-42-44(32-19-11-4-12-20-32)36(46-34)40-38-26-28-15-7-2-8-16-28/h1-26H/b37-25+,38-26+,39-35-,40-36+. The van der Waals surface area contributed by atoms with Crippen molar-refractivity contribution in [3.63, 3.8) is 0 Å². The Labute approximate surface area is 273 Å². The molecule has 0 N–H and O–H groups in total. The van der Waals surface area contributed by atoms with Crippen LogP contribution in [0.4, 0.5) is 0 Å². The molecule has 46 heavy (non-hydrogen) atoms. The van der Waals surface area contributed by atoms with E-state index < -0.39 is 0 Å². The van der Waals surface area contributed by atoms with Gasteiger partial charge in [-0.25, -0.2) is 9.36 Å². The topological polar surface area (TPSA) is 85.1 Å². The molecule has 0 atom stereocenters. The van der Waals surface area contributed by atoms with Crippen LogP contribution in [-0.4, -0.2) is 32.0 Å². The molecular formula is C36H26N8S2. The number of hydrogen-bond acceptors (Lipinski definition) is 8. The summed E-state index contributed by atoms with van der Waals surface area (Å²) in [5.74, 6) is 0. The van der Waals surface area contributed by atoms with Gasteiger partial charge in [0.25, 0.3) is 0 Å². The van der Waals surface area contributed by atoms with Crippen LogP contribution in [0.2, 0.25) is 0 Å². The van der Waals surface area contributed by atoms with Crippen molar-refractivity contribution in [3.8, 4) is 32.5 Å². The molecular weight excluding hydrogens is 609 g/mol. The number of benzene rings is 5. The molecule has 7 rings (SSSR count). The third kappa shape index (κ3) is 6.78. The molecule has 0 bridgehead atoms. The number of aromatic nitrogens is 4. The Hall–Kier alpha value is -5.84. The Bertz CT molecular complexity index is 2070. The Kier molecular flexibility index (Phi) is 8.70. The van der Waals surface area contributed by atoms with Crippen molar-refractivity contribution in [2.24, 2.45) is 20.4 Å². The molecule has 8 nitrogen and oxygen atoms in total. The van der Waals surface area contributed by atoms with Crippen molar-refractivity contribution in [3.05, 3.63) is 166 Å². The zero-order valence-corrected chi connectivity index (χ0v) is 26.0. The fourth-order valence-electron chi connectivity index (χ4n) is 4.52. The van der Waals surface area contributed by atoms with Gasteiger partial charge < -0.3 is 0 Å². The first-order valence-corrected chi connectivity index (χ1v) is 16.1. The van der Waals surface area contributed by atoms with Crippen molar-refractivity contribution in [2.45, 2.75) is 0 Å². The lowest BCUT2D eigenvalue weighted by Crippen LogP contribution is -2.13. The number of hydrogen-bond donors (Lipinski definition) is 0. The maximum absolute atomic E-state index is 4.91. The quantitative estimate of drug-likeness (QED) is 0.129. The van der Waals surface area contributed by atoms with E-state index in [9.17, 15) is 0 Å². The van der Waals surface area contributed by atoms with Gasteiger partial charge in [0.1, 0.15) is 10.0 Å². The molecule has 2 aromatic heterocycles. The van der Waals surface area contributed by atoms with E-state index in [0.29, 0.717) is 9.60 Å². The van der Waals surface area contributed by atoms with Crippen LogP contribution in [0.25, 0.3) is 32.5 Å². The number of nitrogens with zero attached hydrogens (tertiary/aromatic N) is 8. The molecule has 5 aromatic carbocycles. The van der Waals surface area contributed by atoms with E-state index in [1.165, 1.54) is 22.7 Å². The molecule has 0 unspecified atom stereocenters. The summed E-state index contributed by atoms with van der Waals surface area (Å²) >= 11 is 2.96. The average Bonchev–Trinajstić information content (AvgIpc) is 3.75. The van der Waals surface area contributed by atoms with Gasteiger partial charge in [0.2, 0.25) is 9.60 Å². The molecule has 0 saturated carbocycles. The van der Waals surface area contributed by atoms with Crippen LogP contribution in [0.15, 0.2) is 166 Å². The van der Waals surface area contributed by atoms with E-state index in [-0.39, 0.29) is 0 Å². The normalized spacial score (nSPS) is 12.4. The summed E-state index contributed by atoms with van der Waals surface area (Å²) in [6, 6.07) is 47.9. The second-order valence-corrected chi connectivity index (χ2v) is 11.9. The maximum Gasteiger partial charge on any atom is 0.233 e. The summed E-state index contributed by atoms with van der Waals surface area (Å²) in [7, 11) is 0. The first-order chi connectivity index (χ1) is 22.8. The van der Waals surface area contributed by atoms with E-state index in [2.05, 4.69) is 44.7 Å². The van der Waals surface area contributed by atoms with Gasteiger partial charge in [-0.1, -0.05) is 144 Å². The lowest BCUT2D eigenvalue weighted by Gasteiger charge is -2.01. The van der Waals surface area contributed by atoms with Crippen molar-refractivity contribution >= 4 is 35.1 Å². The fraction of sp³-hybridized carbons (Fsp3) is 0. The monoisotopic (exact) mass is 634 g/mol. The minimum Gasteiger partial charge on any atom is -0.203 e. The van der Waals surface area contributed by atoms with Gasteiger partial charge >= 0.3 is 0 Å². The molecule has 2 heterocycles. The third-order valence-corrected chi connectivity index (χ3v) is 8.70. The molecule has 0 fully saturated rings. The van der Waals surface area contributed by atoms with Crippen molar-refractivity contribution < 1.29 is 0 Å². The minimum absolute atomic E-state index is 0.670. The summed E-state index contributed by atoms with van der Waals surface area (Å²) in [4.78, 5) is 1.34. The van der Waals surface area contributed by atoms with Crippen LogP contribution in [0.5, 0.6) is 0 Å². The van der Waals surface area contributed by atoms with Gasteiger partial charge in [0.05, 0.1) is 23.8 Å². The molecule has 0 radical (unpaired) electrons. The summed E-state index contributed by atoms with van der Waals surface area (Å²) < 4.78 is 3.65. The second-order valence-electron chi connectivity index (χ2n) is 9.96. The van der Waals surface area contributed by atoms with Crippen LogP contribution >= 0.6 is 22.7 Å². The lowest BCUT2D eigenvalue weighted by atomic mass is 10.1. The molecule has 0 amide bonds.